The van der Waals surface area contributed by atoms with Gasteiger partial charge in [-0.15, -0.1) is 0 Å². The van der Waals surface area contributed by atoms with Crippen LogP contribution < -0.4 is 0 Å². The first kappa shape index (κ1) is 10.7. The van der Waals surface area contributed by atoms with Crippen LogP contribution in [-0.4, -0.2) is 20.5 Å². The number of rotatable bonds is 5. The maximum Gasteiger partial charge on any atom is 0.0676 e. The monoisotopic (exact) mass is 208 g/mol. The molecule has 0 aromatic carbocycles. The summed E-state index contributed by atoms with van der Waals surface area (Å²) in [6.07, 6.45) is 6.89. The smallest absolute Gasteiger partial charge is 0.0676 e. The Balaban J connectivity index is 1.94. The summed E-state index contributed by atoms with van der Waals surface area (Å²) < 4.78 is 1.89. The van der Waals surface area contributed by atoms with Crippen molar-refractivity contribution in [1.29, 1.82) is 0 Å². The van der Waals surface area contributed by atoms with Crippen LogP contribution >= 0.6 is 0 Å². The molecular weight excluding hydrogens is 188 g/mol. The van der Waals surface area contributed by atoms with E-state index in [4.69, 9.17) is 0 Å². The molecule has 0 saturated heterocycles. The molecule has 1 fully saturated rings. The minimum absolute atomic E-state index is 0.426. The lowest BCUT2D eigenvalue weighted by Gasteiger charge is -2.26. The third-order valence-corrected chi connectivity index (χ3v) is 3.69. The van der Waals surface area contributed by atoms with Crippen molar-refractivity contribution in [3.05, 3.63) is 18.0 Å². The Hall–Kier alpha value is -0.830. The fourth-order valence-corrected chi connectivity index (χ4v) is 2.28. The summed E-state index contributed by atoms with van der Waals surface area (Å²) in [6, 6.07) is 2.03. The molecule has 0 amide bonds. The highest BCUT2D eigenvalue weighted by Gasteiger charge is 2.41. The molecule has 0 radical (unpaired) electrons. The molecule has 1 heterocycles. The minimum atomic E-state index is -0.426. The predicted molar refractivity (Wildman–Crippen MR) is 59.5 cm³/mol. The minimum Gasteiger partial charge on any atom is -0.390 e. The number of aryl methyl sites for hydroxylation is 2. The van der Waals surface area contributed by atoms with Crippen LogP contribution in [0.5, 0.6) is 0 Å². The van der Waals surface area contributed by atoms with E-state index in [0.717, 1.165) is 19.3 Å². The molecule has 1 unspecified atom stereocenters. The number of aliphatic hydroxyl groups is 1. The van der Waals surface area contributed by atoms with Gasteiger partial charge in [0, 0.05) is 18.9 Å². The molecule has 1 aliphatic rings. The Morgan fingerprint density at radius 3 is 2.80 bits per heavy atom. The zero-order valence-electron chi connectivity index (χ0n) is 9.61. The Morgan fingerprint density at radius 1 is 1.60 bits per heavy atom. The van der Waals surface area contributed by atoms with Gasteiger partial charge in [-0.3, -0.25) is 4.68 Å². The van der Waals surface area contributed by atoms with Crippen LogP contribution in [0.4, 0.5) is 0 Å². The van der Waals surface area contributed by atoms with Crippen LogP contribution in [0.15, 0.2) is 12.3 Å². The third-order valence-electron chi connectivity index (χ3n) is 3.69. The zero-order chi connectivity index (χ0) is 10.9. The van der Waals surface area contributed by atoms with Gasteiger partial charge in [-0.2, -0.15) is 5.10 Å². The molecule has 15 heavy (non-hydrogen) atoms. The SMILES string of the molecule is CCC(O)(CCc1ccnn1C)C1CC1. The van der Waals surface area contributed by atoms with Crippen molar-refractivity contribution in [3.8, 4) is 0 Å². The molecule has 0 spiro atoms. The van der Waals surface area contributed by atoms with E-state index in [1.807, 2.05) is 24.0 Å². The van der Waals surface area contributed by atoms with Gasteiger partial charge in [0.2, 0.25) is 0 Å². The molecule has 1 saturated carbocycles. The Morgan fingerprint density at radius 2 is 2.33 bits per heavy atom. The van der Waals surface area contributed by atoms with Gasteiger partial charge < -0.3 is 5.11 Å². The fourth-order valence-electron chi connectivity index (χ4n) is 2.28. The average molecular weight is 208 g/mol. The summed E-state index contributed by atoms with van der Waals surface area (Å²) in [4.78, 5) is 0. The van der Waals surface area contributed by atoms with Crippen LogP contribution in [-0.2, 0) is 13.5 Å². The summed E-state index contributed by atoms with van der Waals surface area (Å²) in [7, 11) is 1.96. The highest BCUT2D eigenvalue weighted by atomic mass is 16.3. The van der Waals surface area contributed by atoms with Gasteiger partial charge in [-0.05, 0) is 44.1 Å². The van der Waals surface area contributed by atoms with Crippen LogP contribution in [0, 0.1) is 5.92 Å². The first-order valence-corrected chi connectivity index (χ1v) is 5.85. The Bertz CT molecular complexity index is 330. The van der Waals surface area contributed by atoms with Crippen LogP contribution in [0.25, 0.3) is 0 Å². The molecule has 1 aromatic rings. The van der Waals surface area contributed by atoms with Crippen molar-refractivity contribution in [2.75, 3.05) is 0 Å². The summed E-state index contributed by atoms with van der Waals surface area (Å²) >= 11 is 0. The normalized spacial score (nSPS) is 20.2. The molecule has 1 N–H and O–H groups in total. The fraction of sp³-hybridized carbons (Fsp3) is 0.750. The summed E-state index contributed by atoms with van der Waals surface area (Å²) in [6.45, 7) is 2.08. The number of aromatic nitrogens is 2. The van der Waals surface area contributed by atoms with Crippen molar-refractivity contribution in [2.45, 2.75) is 44.6 Å². The molecule has 2 rings (SSSR count). The van der Waals surface area contributed by atoms with Gasteiger partial charge in [0.05, 0.1) is 5.60 Å². The van der Waals surface area contributed by atoms with Gasteiger partial charge in [0.1, 0.15) is 0 Å². The average Bonchev–Trinajstić information content (AvgIpc) is 3.01. The lowest BCUT2D eigenvalue weighted by molar-refractivity contribution is 0.00510. The topological polar surface area (TPSA) is 38.1 Å². The molecule has 1 atom stereocenters. The maximum atomic E-state index is 10.4. The predicted octanol–water partition coefficient (Wildman–Crippen LogP) is 1.90. The second kappa shape index (κ2) is 3.97. The van der Waals surface area contributed by atoms with Crippen molar-refractivity contribution in [3.63, 3.8) is 0 Å². The van der Waals surface area contributed by atoms with E-state index in [9.17, 15) is 5.11 Å². The Kier molecular flexibility index (Phi) is 2.83. The first-order valence-electron chi connectivity index (χ1n) is 5.85. The van der Waals surface area contributed by atoms with Crippen molar-refractivity contribution in [2.24, 2.45) is 13.0 Å². The van der Waals surface area contributed by atoms with Gasteiger partial charge >= 0.3 is 0 Å². The first-order chi connectivity index (χ1) is 7.15. The molecule has 0 aliphatic heterocycles. The molecule has 3 heteroatoms. The zero-order valence-corrected chi connectivity index (χ0v) is 9.61. The largest absolute Gasteiger partial charge is 0.390 e. The van der Waals surface area contributed by atoms with Crippen LogP contribution in [0.1, 0.15) is 38.3 Å². The Labute approximate surface area is 91.1 Å². The highest BCUT2D eigenvalue weighted by Crippen LogP contribution is 2.43. The van der Waals surface area contributed by atoms with Gasteiger partial charge in [-0.1, -0.05) is 6.92 Å². The standard InChI is InChI=1S/C12H20N2O/c1-3-12(15,10-4-5-10)8-6-11-7-9-13-14(11)2/h7,9-10,15H,3-6,8H2,1-2H3. The maximum absolute atomic E-state index is 10.4. The van der Waals surface area contributed by atoms with Crippen molar-refractivity contribution >= 4 is 0 Å². The van der Waals surface area contributed by atoms with Gasteiger partial charge in [-0.25, -0.2) is 0 Å². The van der Waals surface area contributed by atoms with Crippen molar-refractivity contribution < 1.29 is 5.11 Å². The summed E-state index contributed by atoms with van der Waals surface area (Å²) in [5, 5.41) is 14.6. The van der Waals surface area contributed by atoms with E-state index < -0.39 is 5.60 Å². The molecule has 3 nitrogen and oxygen atoms in total. The molecule has 84 valence electrons. The second-order valence-corrected chi connectivity index (χ2v) is 4.68. The van der Waals surface area contributed by atoms with Crippen LogP contribution in [0.2, 0.25) is 0 Å². The quantitative estimate of drug-likeness (QED) is 0.802. The van der Waals surface area contributed by atoms with Crippen molar-refractivity contribution in [1.82, 2.24) is 9.78 Å². The van der Waals surface area contributed by atoms with Gasteiger partial charge in [0.25, 0.3) is 0 Å². The molecule has 1 aromatic heterocycles. The third kappa shape index (κ3) is 2.23. The lowest BCUT2D eigenvalue weighted by atomic mass is 9.89. The van der Waals surface area contributed by atoms with E-state index in [2.05, 4.69) is 12.0 Å². The molecular formula is C12H20N2O. The van der Waals surface area contributed by atoms with E-state index >= 15 is 0 Å². The van der Waals surface area contributed by atoms with Gasteiger partial charge in [0.15, 0.2) is 0 Å². The number of hydrogen-bond donors (Lipinski definition) is 1. The number of nitrogens with zero attached hydrogens (tertiary/aromatic N) is 2. The highest BCUT2D eigenvalue weighted by molar-refractivity contribution is 5.03. The van der Waals surface area contributed by atoms with E-state index in [1.165, 1.54) is 18.5 Å². The molecule has 0 bridgehead atoms. The summed E-state index contributed by atoms with van der Waals surface area (Å²) in [5.41, 5.74) is 0.784. The number of hydrogen-bond acceptors (Lipinski definition) is 2. The lowest BCUT2D eigenvalue weighted by Crippen LogP contribution is -2.31. The van der Waals surface area contributed by atoms with Crippen LogP contribution in [0.3, 0.4) is 0 Å². The second-order valence-electron chi connectivity index (χ2n) is 4.68. The summed E-state index contributed by atoms with van der Waals surface area (Å²) in [5.74, 6) is 0.552. The van der Waals surface area contributed by atoms with E-state index in [-0.39, 0.29) is 0 Å². The van der Waals surface area contributed by atoms with E-state index in [1.54, 1.807) is 0 Å². The van der Waals surface area contributed by atoms with E-state index in [0.29, 0.717) is 5.92 Å². The molecule has 1 aliphatic carbocycles.